The van der Waals surface area contributed by atoms with Crippen LogP contribution in [0.5, 0.6) is 0 Å². The van der Waals surface area contributed by atoms with E-state index in [1.807, 2.05) is 12.3 Å². The van der Waals surface area contributed by atoms with Crippen molar-refractivity contribution in [3.8, 4) is 33.4 Å². The third-order valence-corrected chi connectivity index (χ3v) is 8.55. The summed E-state index contributed by atoms with van der Waals surface area (Å²) in [4.78, 5) is 0. The molecule has 0 saturated heterocycles. The van der Waals surface area contributed by atoms with Crippen LogP contribution in [0.4, 0.5) is 0 Å². The van der Waals surface area contributed by atoms with E-state index in [9.17, 15) is 0 Å². The second kappa shape index (κ2) is 8.95. The van der Waals surface area contributed by atoms with E-state index < -0.39 is 0 Å². The van der Waals surface area contributed by atoms with E-state index in [1.54, 1.807) is 0 Å². The Morgan fingerprint density at radius 3 is 1.52 bits per heavy atom. The first kappa shape index (κ1) is 23.1. The molecule has 0 fully saturated rings. The van der Waals surface area contributed by atoms with Gasteiger partial charge in [-0.3, -0.25) is 0 Å². The van der Waals surface area contributed by atoms with Crippen molar-refractivity contribution in [2.45, 2.75) is 0 Å². The minimum atomic E-state index is 0.784. The molecule has 0 atom stereocenters. The average molecular weight is 537 g/mol. The molecule has 2 heterocycles. The summed E-state index contributed by atoms with van der Waals surface area (Å²) in [6.07, 6.45) is 1.84. The third-order valence-electron chi connectivity index (χ3n) is 8.55. The predicted octanol–water partition coefficient (Wildman–Crippen LogP) is 11.6. The Hall–Kier alpha value is -5.60. The van der Waals surface area contributed by atoms with Gasteiger partial charge in [0.1, 0.15) is 5.58 Å². The molecule has 0 N–H and O–H groups in total. The summed E-state index contributed by atoms with van der Waals surface area (Å²) in [5.74, 6) is 0. The van der Waals surface area contributed by atoms with Gasteiger partial charge in [-0.15, -0.1) is 0 Å². The standard InChI is InChI=1S/C40H24O2/c1-3-11-25(12-4-1)35-24-41-39-34(35)22-21-33-28-20-19-27(23-36(28)42-40(33)39)38-31-17-9-7-15-29(31)37(26-13-5-2-6-14-26)30-16-8-10-18-32(30)38/h1-24H. The van der Waals surface area contributed by atoms with Gasteiger partial charge in [0.15, 0.2) is 11.2 Å². The van der Waals surface area contributed by atoms with Crippen LogP contribution in [0.3, 0.4) is 0 Å². The molecule has 0 aliphatic carbocycles. The van der Waals surface area contributed by atoms with Crippen LogP contribution in [-0.2, 0) is 0 Å². The molecule has 2 nitrogen and oxygen atoms in total. The number of furan rings is 2. The zero-order valence-corrected chi connectivity index (χ0v) is 22.7. The summed E-state index contributed by atoms with van der Waals surface area (Å²) in [6, 6.07) is 49.5. The molecule has 7 aromatic carbocycles. The Morgan fingerprint density at radius 1 is 0.357 bits per heavy atom. The molecule has 0 radical (unpaired) electrons. The zero-order valence-electron chi connectivity index (χ0n) is 22.7. The van der Waals surface area contributed by atoms with Gasteiger partial charge in [-0.2, -0.15) is 0 Å². The highest BCUT2D eigenvalue weighted by molar-refractivity contribution is 6.22. The number of fused-ring (bicyclic) bond motifs is 7. The van der Waals surface area contributed by atoms with Crippen molar-refractivity contribution < 1.29 is 8.83 Å². The Balaban J connectivity index is 1.30. The Bertz CT molecular complexity index is 2390. The monoisotopic (exact) mass is 536 g/mol. The molecule has 0 aliphatic rings. The summed E-state index contributed by atoms with van der Waals surface area (Å²) < 4.78 is 12.7. The van der Waals surface area contributed by atoms with Crippen LogP contribution in [0.25, 0.3) is 87.8 Å². The first-order chi connectivity index (χ1) is 20.8. The third kappa shape index (κ3) is 3.33. The Kier molecular flexibility index (Phi) is 4.93. The van der Waals surface area contributed by atoms with Crippen LogP contribution in [0.15, 0.2) is 155 Å². The molecule has 0 saturated carbocycles. The lowest BCUT2D eigenvalue weighted by Crippen LogP contribution is -1.90. The van der Waals surface area contributed by atoms with Crippen molar-refractivity contribution in [3.63, 3.8) is 0 Å². The molecule has 0 aliphatic heterocycles. The maximum absolute atomic E-state index is 6.60. The minimum Gasteiger partial charge on any atom is -0.460 e. The van der Waals surface area contributed by atoms with Gasteiger partial charge in [0.2, 0.25) is 0 Å². The van der Waals surface area contributed by atoms with Gasteiger partial charge in [-0.1, -0.05) is 115 Å². The number of benzene rings is 7. The van der Waals surface area contributed by atoms with Crippen LogP contribution in [0, 0.1) is 0 Å². The van der Waals surface area contributed by atoms with Crippen LogP contribution in [0.1, 0.15) is 0 Å². The van der Waals surface area contributed by atoms with Crippen molar-refractivity contribution >= 4 is 54.5 Å². The largest absolute Gasteiger partial charge is 0.460 e. The van der Waals surface area contributed by atoms with Gasteiger partial charge in [0.05, 0.1) is 6.26 Å². The van der Waals surface area contributed by atoms with E-state index in [0.717, 1.165) is 49.6 Å². The Labute approximate surface area is 242 Å². The van der Waals surface area contributed by atoms with Crippen LogP contribution in [-0.4, -0.2) is 0 Å². The molecule has 9 rings (SSSR count). The molecular formula is C40H24O2. The highest BCUT2D eigenvalue weighted by Gasteiger charge is 2.19. The average Bonchev–Trinajstić information content (AvgIpc) is 3.66. The van der Waals surface area contributed by atoms with E-state index in [2.05, 4.69) is 133 Å². The van der Waals surface area contributed by atoms with Gasteiger partial charge in [0, 0.05) is 21.7 Å². The maximum Gasteiger partial charge on any atom is 0.178 e. The van der Waals surface area contributed by atoms with Crippen LogP contribution in [0.2, 0.25) is 0 Å². The van der Waals surface area contributed by atoms with Crippen molar-refractivity contribution in [3.05, 3.63) is 146 Å². The maximum atomic E-state index is 6.60. The number of hydrogen-bond donors (Lipinski definition) is 0. The summed E-state index contributed by atoms with van der Waals surface area (Å²) in [7, 11) is 0. The molecule has 0 bridgehead atoms. The molecular weight excluding hydrogens is 512 g/mol. The second-order valence-electron chi connectivity index (χ2n) is 10.9. The van der Waals surface area contributed by atoms with E-state index in [0.29, 0.717) is 0 Å². The van der Waals surface area contributed by atoms with Crippen LogP contribution >= 0.6 is 0 Å². The molecule has 2 heteroatoms. The van der Waals surface area contributed by atoms with Crippen molar-refractivity contribution in [2.24, 2.45) is 0 Å². The van der Waals surface area contributed by atoms with E-state index in [4.69, 9.17) is 8.83 Å². The fourth-order valence-electron chi connectivity index (χ4n) is 6.68. The lowest BCUT2D eigenvalue weighted by molar-refractivity contribution is 0.600. The molecule has 0 unspecified atom stereocenters. The summed E-state index contributed by atoms with van der Waals surface area (Å²) >= 11 is 0. The van der Waals surface area contributed by atoms with Crippen molar-refractivity contribution in [2.75, 3.05) is 0 Å². The summed E-state index contributed by atoms with van der Waals surface area (Å²) in [5, 5.41) is 8.15. The Morgan fingerprint density at radius 2 is 0.881 bits per heavy atom. The molecule has 2 aromatic heterocycles. The topological polar surface area (TPSA) is 26.3 Å². The highest BCUT2D eigenvalue weighted by Crippen LogP contribution is 2.45. The van der Waals surface area contributed by atoms with Gasteiger partial charge >= 0.3 is 0 Å². The predicted molar refractivity (Wildman–Crippen MR) is 175 cm³/mol. The molecule has 9 aromatic rings. The van der Waals surface area contributed by atoms with Gasteiger partial charge < -0.3 is 8.83 Å². The van der Waals surface area contributed by atoms with Crippen LogP contribution < -0.4 is 0 Å². The van der Waals surface area contributed by atoms with E-state index in [-0.39, 0.29) is 0 Å². The molecule has 0 amide bonds. The number of rotatable bonds is 3. The first-order valence-corrected chi connectivity index (χ1v) is 14.3. The SMILES string of the molecule is c1ccc(-c2c3ccccc3c(-c3ccc4c(c3)oc3c4ccc4c(-c5ccccc5)coc43)c3ccccc23)cc1. The molecule has 0 spiro atoms. The first-order valence-electron chi connectivity index (χ1n) is 14.3. The van der Waals surface area contributed by atoms with Gasteiger partial charge in [-0.25, -0.2) is 0 Å². The van der Waals surface area contributed by atoms with Crippen molar-refractivity contribution in [1.82, 2.24) is 0 Å². The minimum absolute atomic E-state index is 0.784. The zero-order chi connectivity index (χ0) is 27.6. The smallest absolute Gasteiger partial charge is 0.178 e. The second-order valence-corrected chi connectivity index (χ2v) is 10.9. The normalized spacial score (nSPS) is 11.8. The lowest BCUT2D eigenvalue weighted by Gasteiger charge is -2.17. The quantitative estimate of drug-likeness (QED) is 0.210. The van der Waals surface area contributed by atoms with E-state index in [1.165, 1.54) is 38.2 Å². The summed E-state index contributed by atoms with van der Waals surface area (Å²) in [6.45, 7) is 0. The molecule has 196 valence electrons. The van der Waals surface area contributed by atoms with E-state index >= 15 is 0 Å². The number of hydrogen-bond acceptors (Lipinski definition) is 2. The van der Waals surface area contributed by atoms with Crippen molar-refractivity contribution in [1.29, 1.82) is 0 Å². The summed E-state index contributed by atoms with van der Waals surface area (Å²) in [5.41, 5.74) is 9.48. The lowest BCUT2D eigenvalue weighted by atomic mass is 9.86. The fourth-order valence-corrected chi connectivity index (χ4v) is 6.68. The van der Waals surface area contributed by atoms with Gasteiger partial charge in [-0.05, 0) is 73.6 Å². The van der Waals surface area contributed by atoms with Gasteiger partial charge in [0.25, 0.3) is 0 Å². The highest BCUT2D eigenvalue weighted by atomic mass is 16.4. The fraction of sp³-hybridized carbons (Fsp3) is 0. The molecule has 42 heavy (non-hydrogen) atoms.